The summed E-state index contributed by atoms with van der Waals surface area (Å²) in [5.74, 6) is -0.897. The van der Waals surface area contributed by atoms with Gasteiger partial charge in [-0.3, -0.25) is 10.5 Å². The van der Waals surface area contributed by atoms with Crippen LogP contribution < -0.4 is 27.4 Å². The Morgan fingerprint density at radius 2 is 2.02 bits per heavy atom. The largest absolute Gasteiger partial charge is 0.456 e. The van der Waals surface area contributed by atoms with E-state index in [-0.39, 0.29) is 43.0 Å². The summed E-state index contributed by atoms with van der Waals surface area (Å²) < 4.78 is 20.0. The molecule has 262 valence electrons. The van der Waals surface area contributed by atoms with Gasteiger partial charge >= 0.3 is 5.97 Å². The lowest BCUT2D eigenvalue weighted by Gasteiger charge is -2.58. The number of rotatable bonds is 11. The van der Waals surface area contributed by atoms with E-state index in [4.69, 9.17) is 25.7 Å². The number of carbonyl (C=O) groups excluding carboxylic acids is 2. The fourth-order valence-electron chi connectivity index (χ4n) is 9.00. The molecule has 4 heterocycles. The SMILES string of the molecule is CC=C(CC[NH2+]C)C(=O)OC1CC2C(O)C3C(=O)CC(CO)OC3C(CC3CCNC(N)C3)C2OC1(C)CCC1CCC(N)[NH2+]C1. The molecule has 0 aromatic heterocycles. The Hall–Kier alpha value is -1.48. The number of nitrogens with two attached hydrogens (primary N) is 4. The van der Waals surface area contributed by atoms with Gasteiger partial charge in [-0.25, -0.2) is 4.79 Å². The summed E-state index contributed by atoms with van der Waals surface area (Å²) in [5.41, 5.74) is 12.3. The second kappa shape index (κ2) is 15.8. The summed E-state index contributed by atoms with van der Waals surface area (Å²) in [6.07, 6.45) is 6.01. The van der Waals surface area contributed by atoms with Crippen molar-refractivity contribution in [2.75, 3.05) is 33.3 Å². The molecule has 0 amide bonds. The third-order valence-electron chi connectivity index (χ3n) is 11.8. The number of nitrogens with one attached hydrogen (secondary N) is 1. The molecule has 5 aliphatic rings. The first kappa shape index (κ1) is 35.8. The zero-order valence-corrected chi connectivity index (χ0v) is 28.2. The maximum absolute atomic E-state index is 13.6. The molecule has 0 radical (unpaired) electrons. The van der Waals surface area contributed by atoms with Crippen LogP contribution in [0.15, 0.2) is 11.6 Å². The van der Waals surface area contributed by atoms with Crippen LogP contribution in [0.2, 0.25) is 0 Å². The second-order valence-corrected chi connectivity index (χ2v) is 15.0. The van der Waals surface area contributed by atoms with E-state index in [0.29, 0.717) is 36.7 Å². The molecule has 5 rings (SSSR count). The molecule has 4 aliphatic heterocycles. The number of quaternary nitrogens is 2. The molecule has 0 aromatic carbocycles. The Bertz CT molecular complexity index is 1070. The van der Waals surface area contributed by atoms with Crippen LogP contribution in [-0.2, 0) is 23.8 Å². The van der Waals surface area contributed by atoms with Crippen LogP contribution in [0.3, 0.4) is 0 Å². The minimum atomic E-state index is -0.996. The van der Waals surface area contributed by atoms with Crippen LogP contribution in [0.1, 0.15) is 78.1 Å². The first-order chi connectivity index (χ1) is 22.1. The van der Waals surface area contributed by atoms with Gasteiger partial charge < -0.3 is 46.1 Å². The number of esters is 1. The number of aliphatic hydroxyl groups excluding tert-OH is 2. The van der Waals surface area contributed by atoms with Crippen molar-refractivity contribution >= 4 is 11.8 Å². The number of hydrogen-bond donors (Lipinski definition) is 7. The molecule has 46 heavy (non-hydrogen) atoms. The number of carbonyl (C=O) groups is 2. The van der Waals surface area contributed by atoms with Crippen LogP contribution >= 0.6 is 0 Å². The first-order valence-electron chi connectivity index (χ1n) is 17.9. The zero-order chi connectivity index (χ0) is 33.0. The summed E-state index contributed by atoms with van der Waals surface area (Å²) in [6, 6.07) is 0. The van der Waals surface area contributed by atoms with Crippen molar-refractivity contribution < 1.29 is 44.6 Å². The first-order valence-corrected chi connectivity index (χ1v) is 17.9. The van der Waals surface area contributed by atoms with Crippen molar-refractivity contribution in [2.45, 2.75) is 127 Å². The predicted molar refractivity (Wildman–Crippen MR) is 171 cm³/mol. The van der Waals surface area contributed by atoms with Gasteiger partial charge in [0.15, 0.2) is 0 Å². The molecule has 0 bridgehead atoms. The van der Waals surface area contributed by atoms with Gasteiger partial charge in [0.2, 0.25) is 0 Å². The van der Waals surface area contributed by atoms with Crippen molar-refractivity contribution in [3.8, 4) is 0 Å². The Kier molecular flexibility index (Phi) is 12.3. The molecule has 1 saturated carbocycles. The molecule has 1 aliphatic carbocycles. The van der Waals surface area contributed by atoms with Gasteiger partial charge in [0, 0.05) is 42.6 Å². The highest BCUT2D eigenvalue weighted by Gasteiger charge is 2.61. The number of fused-ring (bicyclic) bond motifs is 2. The van der Waals surface area contributed by atoms with Crippen molar-refractivity contribution in [2.24, 2.45) is 41.1 Å². The lowest BCUT2D eigenvalue weighted by Crippen LogP contribution is -2.95. The standard InChI is InChI=1S/C34H59N5O7/c1-4-21(9-11-37-3)33(43)45-26-16-23-30(42)29-25(41)15-22(18-40)44-32(29)24(13-20-8-12-38-28(36)14-20)31(23)46-34(26,2)10-7-19-5-6-27(35)39-17-19/h4,19-20,22-24,26-32,37-40,42H,5-18,35-36H2,1-3H3/p+2. The maximum Gasteiger partial charge on any atom is 0.334 e. The Morgan fingerprint density at radius 1 is 1.22 bits per heavy atom. The minimum absolute atomic E-state index is 0.0751. The predicted octanol–water partition coefficient (Wildman–Crippen LogP) is -1.37. The summed E-state index contributed by atoms with van der Waals surface area (Å²) in [4.78, 5) is 27.1. The third kappa shape index (κ3) is 8.03. The average Bonchev–Trinajstić information content (AvgIpc) is 3.03. The zero-order valence-electron chi connectivity index (χ0n) is 28.2. The van der Waals surface area contributed by atoms with Crippen LogP contribution in [0.5, 0.6) is 0 Å². The molecule has 5 fully saturated rings. The maximum atomic E-state index is 13.6. The Morgan fingerprint density at radius 3 is 2.70 bits per heavy atom. The number of hydrogen-bond acceptors (Lipinski definition) is 10. The number of allylic oxidation sites excluding steroid dienone is 1. The van der Waals surface area contributed by atoms with Crippen molar-refractivity contribution in [1.82, 2.24) is 5.32 Å². The quantitative estimate of drug-likeness (QED) is 0.103. The van der Waals surface area contributed by atoms with Gasteiger partial charge in [-0.05, 0) is 71.3 Å². The molecular formula is C34H61N5O7+2. The van der Waals surface area contributed by atoms with Gasteiger partial charge in [0.25, 0.3) is 0 Å². The van der Waals surface area contributed by atoms with Gasteiger partial charge in [-0.2, -0.15) is 0 Å². The smallest absolute Gasteiger partial charge is 0.334 e. The normalized spacial score (nSPS) is 43.5. The van der Waals surface area contributed by atoms with E-state index < -0.39 is 48.0 Å². The summed E-state index contributed by atoms with van der Waals surface area (Å²) in [5, 5.41) is 29.5. The molecule has 13 unspecified atom stereocenters. The van der Waals surface area contributed by atoms with E-state index in [1.807, 2.05) is 25.4 Å². The van der Waals surface area contributed by atoms with Crippen LogP contribution in [0, 0.1) is 29.6 Å². The summed E-state index contributed by atoms with van der Waals surface area (Å²) in [7, 11) is 1.98. The van der Waals surface area contributed by atoms with Gasteiger partial charge in [0.1, 0.15) is 23.7 Å². The highest BCUT2D eigenvalue weighted by atomic mass is 16.6. The minimum Gasteiger partial charge on any atom is -0.456 e. The fraction of sp³-hybridized carbons (Fsp3) is 0.882. The van der Waals surface area contributed by atoms with E-state index in [1.165, 1.54) is 0 Å². The molecule has 0 spiro atoms. The Balaban J connectivity index is 1.45. The topological polar surface area (TPSA) is 200 Å². The van der Waals surface area contributed by atoms with E-state index >= 15 is 0 Å². The van der Waals surface area contributed by atoms with Gasteiger partial charge in [-0.1, -0.05) is 6.08 Å². The van der Waals surface area contributed by atoms with E-state index in [1.54, 1.807) is 0 Å². The van der Waals surface area contributed by atoms with Crippen LogP contribution in [0.25, 0.3) is 0 Å². The second-order valence-electron chi connectivity index (χ2n) is 15.0. The Labute approximate surface area is 274 Å². The van der Waals surface area contributed by atoms with Crippen LogP contribution in [-0.4, -0.2) is 104 Å². The number of Topliss-reactive ketones (excluding diaryl/α,β-unsaturated/α-hetero) is 1. The van der Waals surface area contributed by atoms with Gasteiger partial charge in [-0.15, -0.1) is 0 Å². The third-order valence-corrected chi connectivity index (χ3v) is 11.8. The molecule has 0 aromatic rings. The number of ketones is 1. The van der Waals surface area contributed by atoms with Crippen molar-refractivity contribution in [1.29, 1.82) is 0 Å². The molecule has 4 saturated heterocycles. The lowest BCUT2D eigenvalue weighted by molar-refractivity contribution is -0.703. The highest BCUT2D eigenvalue weighted by molar-refractivity contribution is 5.88. The lowest BCUT2D eigenvalue weighted by atomic mass is 9.60. The fourth-order valence-corrected chi connectivity index (χ4v) is 9.00. The average molecular weight is 652 g/mol. The van der Waals surface area contributed by atoms with E-state index in [2.05, 4.69) is 17.6 Å². The molecule has 12 nitrogen and oxygen atoms in total. The number of aliphatic hydroxyl groups is 2. The van der Waals surface area contributed by atoms with Crippen molar-refractivity contribution in [3.63, 3.8) is 0 Å². The van der Waals surface area contributed by atoms with E-state index in [0.717, 1.165) is 58.2 Å². The number of piperidine rings is 2. The van der Waals surface area contributed by atoms with Crippen LogP contribution in [0.4, 0.5) is 0 Å². The van der Waals surface area contributed by atoms with Gasteiger partial charge in [0.05, 0.1) is 63.2 Å². The monoisotopic (exact) mass is 651 g/mol. The number of ether oxygens (including phenoxy) is 3. The molecule has 12 heteroatoms. The molecular weight excluding hydrogens is 590 g/mol. The summed E-state index contributed by atoms with van der Waals surface area (Å²) >= 11 is 0. The molecule has 11 N–H and O–H groups in total. The van der Waals surface area contributed by atoms with E-state index in [9.17, 15) is 19.8 Å². The highest BCUT2D eigenvalue weighted by Crippen LogP contribution is 2.52. The summed E-state index contributed by atoms with van der Waals surface area (Å²) in [6.45, 7) is 6.24. The van der Waals surface area contributed by atoms with Crippen molar-refractivity contribution in [3.05, 3.63) is 11.6 Å². The molecule has 13 atom stereocenters.